The molecule has 7 N–H and O–H groups in total. The van der Waals surface area contributed by atoms with Gasteiger partial charge in [-0.15, -0.1) is 4.28 Å². The van der Waals surface area contributed by atoms with Crippen LogP contribution in [0.4, 0.5) is 18.0 Å². The van der Waals surface area contributed by atoms with Gasteiger partial charge >= 0.3 is 28.6 Å². The van der Waals surface area contributed by atoms with Gasteiger partial charge in [0.2, 0.25) is 5.72 Å². The van der Waals surface area contributed by atoms with Crippen molar-refractivity contribution in [3.05, 3.63) is 0 Å². The number of hydrogen-bond acceptors (Lipinski definition) is 9. The van der Waals surface area contributed by atoms with E-state index in [1.807, 2.05) is 0 Å². The minimum atomic E-state index is -5.08. The first-order chi connectivity index (χ1) is 15.1. The molecule has 0 aromatic carbocycles. The lowest BCUT2D eigenvalue weighted by molar-refractivity contribution is -0.192. The highest BCUT2D eigenvalue weighted by Gasteiger charge is 2.58. The van der Waals surface area contributed by atoms with Crippen molar-refractivity contribution in [2.45, 2.75) is 43.2 Å². The van der Waals surface area contributed by atoms with E-state index in [4.69, 9.17) is 30.7 Å². The van der Waals surface area contributed by atoms with Gasteiger partial charge in [-0.1, -0.05) is 0 Å². The Morgan fingerprint density at radius 1 is 1.33 bits per heavy atom. The van der Waals surface area contributed by atoms with Gasteiger partial charge < -0.3 is 26.6 Å². The van der Waals surface area contributed by atoms with E-state index in [-0.39, 0.29) is 32.0 Å². The number of fused-ring (bicyclic) bond motifs is 2. The molecule has 4 atom stereocenters. The second kappa shape index (κ2) is 9.94. The van der Waals surface area contributed by atoms with Crippen molar-refractivity contribution in [2.75, 3.05) is 26.2 Å². The van der Waals surface area contributed by atoms with Crippen molar-refractivity contribution >= 4 is 28.3 Å². The molecule has 0 aromatic heterocycles. The van der Waals surface area contributed by atoms with Gasteiger partial charge in [-0.25, -0.2) is 9.59 Å². The van der Waals surface area contributed by atoms with Crippen molar-refractivity contribution in [3.8, 4) is 0 Å². The number of hydroxylamine groups is 2. The number of halogens is 3. The maximum atomic E-state index is 12.5. The predicted octanol–water partition coefficient (Wildman–Crippen LogP) is -1.61. The summed E-state index contributed by atoms with van der Waals surface area (Å²) in [5, 5.41) is 10.9. The Morgan fingerprint density at radius 2 is 1.94 bits per heavy atom. The molecule has 0 spiro atoms. The third-order valence-electron chi connectivity index (χ3n) is 5.37. The fourth-order valence-corrected chi connectivity index (χ4v) is 4.15. The molecule has 0 aliphatic carbocycles. The van der Waals surface area contributed by atoms with Crippen molar-refractivity contribution in [1.29, 1.82) is 0 Å². The van der Waals surface area contributed by atoms with Gasteiger partial charge in [-0.2, -0.15) is 26.7 Å². The molecule has 18 heteroatoms. The molecule has 2 bridgehead atoms. The van der Waals surface area contributed by atoms with Crippen LogP contribution in [0, 0.1) is 5.92 Å². The Morgan fingerprint density at radius 3 is 2.39 bits per heavy atom. The van der Waals surface area contributed by atoms with Gasteiger partial charge in [0.15, 0.2) is 0 Å². The molecule has 2 unspecified atom stereocenters. The van der Waals surface area contributed by atoms with Gasteiger partial charge in [-0.05, 0) is 31.8 Å². The van der Waals surface area contributed by atoms with Gasteiger partial charge in [-0.3, -0.25) is 14.2 Å². The molecule has 3 fully saturated rings. The summed E-state index contributed by atoms with van der Waals surface area (Å²) < 4.78 is 72.7. The summed E-state index contributed by atoms with van der Waals surface area (Å²) >= 11 is 0. The number of rotatable bonds is 7. The topological polar surface area (TPSA) is 215 Å². The van der Waals surface area contributed by atoms with E-state index in [9.17, 15) is 31.2 Å². The number of carboxylic acids is 1. The van der Waals surface area contributed by atoms with Gasteiger partial charge in [0.25, 0.3) is 5.91 Å². The summed E-state index contributed by atoms with van der Waals surface area (Å²) in [6, 6.07) is -1.56. The Kier molecular flexibility index (Phi) is 8.13. The third kappa shape index (κ3) is 6.42. The smallest absolute Gasteiger partial charge is 0.475 e. The predicted molar refractivity (Wildman–Crippen MR) is 100 cm³/mol. The Hall–Kier alpha value is -2.25. The third-order valence-corrected chi connectivity index (χ3v) is 5.72. The van der Waals surface area contributed by atoms with Crippen LogP contribution >= 0.6 is 0 Å². The van der Waals surface area contributed by atoms with E-state index in [0.29, 0.717) is 17.5 Å². The fraction of sp³-hybridized carbons (Fsp3) is 0.800. The Balaban J connectivity index is 0.000000479. The first-order valence-electron chi connectivity index (χ1n) is 9.56. The number of carbonyl (C=O) groups is 3. The lowest BCUT2D eigenvalue weighted by atomic mass is 9.96. The SMILES string of the molecule is NC[C@H]1CN[C@@H](COC2(C(N)=O)CCC3CN2C(=O)N3OS(=O)(=O)O)C1.O=C(O)C(F)(F)F. The minimum absolute atomic E-state index is 0.000807. The number of carboxylic acid groups (broad SMARTS) is 1. The van der Waals surface area contributed by atoms with Crippen LogP contribution in [0.3, 0.4) is 0 Å². The normalized spacial score (nSPS) is 29.6. The zero-order valence-electron chi connectivity index (χ0n) is 17.0. The number of aliphatic carboxylic acids is 1. The molecular formula is C15H24F3N5O9S. The number of nitrogens with one attached hydrogen (secondary N) is 1. The number of ether oxygens (including phenoxy) is 1. The average Bonchev–Trinajstić information content (AvgIpc) is 3.25. The van der Waals surface area contributed by atoms with Crippen LogP contribution in [0.25, 0.3) is 0 Å². The molecule has 14 nitrogen and oxygen atoms in total. The number of hydrogen-bond donors (Lipinski definition) is 5. The second-order valence-corrected chi connectivity index (χ2v) is 8.62. The summed E-state index contributed by atoms with van der Waals surface area (Å²) in [4.78, 5) is 34.6. The van der Waals surface area contributed by atoms with E-state index in [2.05, 4.69) is 9.60 Å². The number of primary amides is 1. The summed E-state index contributed by atoms with van der Waals surface area (Å²) in [6.07, 6.45) is -3.98. The van der Waals surface area contributed by atoms with Crippen LogP contribution in [0.2, 0.25) is 0 Å². The number of carbonyl (C=O) groups excluding carboxylic acids is 2. The molecule has 0 aromatic rings. The van der Waals surface area contributed by atoms with Crippen molar-refractivity contribution in [1.82, 2.24) is 15.3 Å². The zero-order valence-corrected chi connectivity index (χ0v) is 17.8. The van der Waals surface area contributed by atoms with Crippen LogP contribution in [0.5, 0.6) is 0 Å². The van der Waals surface area contributed by atoms with Crippen molar-refractivity contribution in [3.63, 3.8) is 0 Å². The number of amides is 3. The molecular weight excluding hydrogens is 483 g/mol. The van der Waals surface area contributed by atoms with Gasteiger partial charge in [0, 0.05) is 19.0 Å². The lowest BCUT2D eigenvalue weighted by Gasteiger charge is -2.40. The molecule has 3 aliphatic heterocycles. The molecule has 0 radical (unpaired) electrons. The van der Waals surface area contributed by atoms with Crippen LogP contribution in [-0.2, 0) is 29.0 Å². The summed E-state index contributed by atoms with van der Waals surface area (Å²) in [7, 11) is -4.87. The van der Waals surface area contributed by atoms with Crippen LogP contribution in [0.1, 0.15) is 19.3 Å². The molecule has 3 amide bonds. The molecule has 3 rings (SSSR count). The van der Waals surface area contributed by atoms with Crippen LogP contribution < -0.4 is 16.8 Å². The number of urea groups is 1. The zero-order chi connectivity index (χ0) is 25.2. The molecule has 3 aliphatic rings. The summed E-state index contributed by atoms with van der Waals surface area (Å²) in [5.74, 6) is -3.28. The maximum Gasteiger partial charge on any atom is 0.490 e. The Bertz CT molecular complexity index is 874. The van der Waals surface area contributed by atoms with Gasteiger partial charge in [0.1, 0.15) is 0 Å². The second-order valence-electron chi connectivity index (χ2n) is 7.62. The lowest BCUT2D eigenvalue weighted by Crippen LogP contribution is -2.62. The number of alkyl halides is 3. The fourth-order valence-electron chi connectivity index (χ4n) is 3.76. The Labute approximate surface area is 185 Å². The van der Waals surface area contributed by atoms with Crippen LogP contribution in [-0.4, -0.2) is 96.2 Å². The molecule has 3 saturated heterocycles. The minimum Gasteiger partial charge on any atom is -0.475 e. The summed E-state index contributed by atoms with van der Waals surface area (Å²) in [6.45, 7) is 1.43. The highest BCUT2D eigenvalue weighted by atomic mass is 32.3. The standard InChI is InChI=1S/C13H23N5O7S.C2HF3O2/c14-4-8-3-9(16-5-8)7-24-13(11(15)19)2-1-10-6-17(13)12(20)18(10)25-26(21,22)23;3-2(4,5)1(6)7/h8-10,16H,1-7,14H2,(H2,15,19)(H,21,22,23);(H,6,7)/t8-,9+,10?,13?;/m0./s1. The van der Waals surface area contributed by atoms with Crippen molar-refractivity contribution in [2.24, 2.45) is 17.4 Å². The number of nitrogens with zero attached hydrogens (tertiary/aromatic N) is 2. The van der Waals surface area contributed by atoms with E-state index < -0.39 is 46.2 Å². The largest absolute Gasteiger partial charge is 0.490 e. The highest BCUT2D eigenvalue weighted by Crippen LogP contribution is 2.38. The average molecular weight is 507 g/mol. The first kappa shape index (κ1) is 27.0. The maximum absolute atomic E-state index is 12.5. The van der Waals surface area contributed by atoms with Crippen LogP contribution in [0.15, 0.2) is 0 Å². The quantitative estimate of drug-likeness (QED) is 0.247. The summed E-state index contributed by atoms with van der Waals surface area (Å²) in [5.41, 5.74) is 9.49. The van der Waals surface area contributed by atoms with Gasteiger partial charge in [0.05, 0.1) is 12.6 Å². The van der Waals surface area contributed by atoms with E-state index >= 15 is 0 Å². The number of nitrogens with two attached hydrogens (primary N) is 2. The molecule has 0 saturated carbocycles. The van der Waals surface area contributed by atoms with E-state index in [1.165, 1.54) is 0 Å². The monoisotopic (exact) mass is 507 g/mol. The molecule has 190 valence electrons. The molecule has 33 heavy (non-hydrogen) atoms. The highest BCUT2D eigenvalue weighted by molar-refractivity contribution is 7.80. The number of piperidine rings is 1. The van der Waals surface area contributed by atoms with E-state index in [0.717, 1.165) is 17.9 Å². The van der Waals surface area contributed by atoms with E-state index in [1.54, 1.807) is 0 Å². The first-order valence-corrected chi connectivity index (χ1v) is 10.9. The molecule has 3 heterocycles. The van der Waals surface area contributed by atoms with Crippen molar-refractivity contribution < 1.29 is 54.7 Å².